The van der Waals surface area contributed by atoms with Crippen molar-refractivity contribution >= 4 is 23.3 Å². The topological polar surface area (TPSA) is 79.3 Å². The van der Waals surface area contributed by atoms with Crippen LogP contribution >= 0.6 is 0 Å². The van der Waals surface area contributed by atoms with Gasteiger partial charge in [0.05, 0.1) is 24.1 Å². The normalized spacial score (nSPS) is 19.7. The van der Waals surface area contributed by atoms with Gasteiger partial charge in [-0.15, -0.1) is 0 Å². The summed E-state index contributed by atoms with van der Waals surface area (Å²) in [6, 6.07) is 3.00. The van der Waals surface area contributed by atoms with Crippen molar-refractivity contribution in [3.63, 3.8) is 0 Å². The highest BCUT2D eigenvalue weighted by Crippen LogP contribution is 2.39. The Balaban J connectivity index is 1.88. The number of benzene rings is 1. The van der Waals surface area contributed by atoms with Crippen LogP contribution in [0.3, 0.4) is 0 Å². The number of rotatable bonds is 4. The number of aliphatic hydroxyl groups is 1. The van der Waals surface area contributed by atoms with E-state index in [4.69, 9.17) is 9.47 Å². The van der Waals surface area contributed by atoms with Crippen LogP contribution in [0.5, 0.6) is 0 Å². The van der Waals surface area contributed by atoms with Gasteiger partial charge in [-0.25, -0.2) is 4.79 Å². The number of alkyl halides is 3. The van der Waals surface area contributed by atoms with E-state index in [-0.39, 0.29) is 25.0 Å². The first-order valence-electron chi connectivity index (χ1n) is 13.0. The highest BCUT2D eigenvalue weighted by molar-refractivity contribution is 5.81. The number of aliphatic hydroxyl groups excluding tert-OH is 1. The number of carbonyl (C=O) groups excluding carboxylic acids is 2. The molecule has 2 aliphatic rings. The van der Waals surface area contributed by atoms with Crippen LogP contribution in [-0.4, -0.2) is 65.6 Å². The highest BCUT2D eigenvalue weighted by atomic mass is 19.4. The van der Waals surface area contributed by atoms with Gasteiger partial charge in [0.25, 0.3) is 0 Å². The first-order chi connectivity index (χ1) is 17.5. The zero-order valence-corrected chi connectivity index (χ0v) is 23.0. The van der Waals surface area contributed by atoms with Crippen molar-refractivity contribution in [2.24, 2.45) is 5.92 Å². The molecule has 7 nitrogen and oxygen atoms in total. The van der Waals surface area contributed by atoms with Crippen LogP contribution in [0, 0.1) is 5.92 Å². The molecule has 0 bridgehead atoms. The van der Waals surface area contributed by atoms with Crippen molar-refractivity contribution in [3.05, 3.63) is 35.4 Å². The molecule has 2 heterocycles. The maximum absolute atomic E-state index is 13.6. The lowest BCUT2D eigenvalue weighted by molar-refractivity contribution is -0.160. The van der Waals surface area contributed by atoms with Gasteiger partial charge in [0.2, 0.25) is 0 Å². The van der Waals surface area contributed by atoms with E-state index in [1.807, 2.05) is 4.90 Å². The number of hydrogen-bond donors (Lipinski definition) is 1. The highest BCUT2D eigenvalue weighted by Gasteiger charge is 2.35. The Morgan fingerprint density at radius 3 is 2.11 bits per heavy atom. The lowest BCUT2D eigenvalue weighted by atomic mass is 9.91. The van der Waals surface area contributed by atoms with Crippen LogP contribution in [0.15, 0.2) is 24.3 Å². The number of hydrogen-bond acceptors (Lipinski definition) is 6. The molecule has 1 N–H and O–H groups in total. The average Bonchev–Trinajstić information content (AvgIpc) is 2.80. The Morgan fingerprint density at radius 1 is 0.974 bits per heavy atom. The molecular formula is C28H39F3N2O5. The summed E-state index contributed by atoms with van der Waals surface area (Å²) in [6.45, 7) is 11.4. The number of halogens is 3. The minimum Gasteiger partial charge on any atom is -0.460 e. The molecule has 1 saturated heterocycles. The fourth-order valence-electron chi connectivity index (χ4n) is 4.72. The Hall–Kier alpha value is -2.75. The summed E-state index contributed by atoms with van der Waals surface area (Å²) in [5.41, 5.74) is -0.260. The number of amides is 1. The lowest BCUT2D eigenvalue weighted by Crippen LogP contribution is -2.46. The molecule has 1 atom stereocenters. The van der Waals surface area contributed by atoms with Crippen molar-refractivity contribution in [1.29, 1.82) is 0 Å². The monoisotopic (exact) mass is 540 g/mol. The van der Waals surface area contributed by atoms with E-state index in [1.54, 1.807) is 47.6 Å². The molecule has 1 amide bonds. The SMILES string of the molecule is CC(C)(C)OC(=O)C1CCN(c2cc(C(F)(F)F)ccc2C2=C[C@@H](CO)N(C(=O)OC(C)(C)C)CC2)CC1. The zero-order valence-electron chi connectivity index (χ0n) is 23.0. The minimum atomic E-state index is -4.51. The lowest BCUT2D eigenvalue weighted by Gasteiger charge is -2.37. The van der Waals surface area contributed by atoms with E-state index in [0.29, 0.717) is 43.6 Å². The zero-order chi connectivity index (χ0) is 28.5. The van der Waals surface area contributed by atoms with E-state index in [0.717, 1.165) is 17.7 Å². The smallest absolute Gasteiger partial charge is 0.416 e. The molecule has 3 rings (SSSR count). The molecule has 0 aromatic heterocycles. The van der Waals surface area contributed by atoms with E-state index < -0.39 is 35.1 Å². The number of piperidine rings is 1. The molecule has 1 fully saturated rings. The molecule has 0 radical (unpaired) electrons. The molecule has 1 aromatic rings. The second kappa shape index (κ2) is 11.2. The molecule has 38 heavy (non-hydrogen) atoms. The first kappa shape index (κ1) is 29.8. The summed E-state index contributed by atoms with van der Waals surface area (Å²) in [7, 11) is 0. The number of esters is 1. The van der Waals surface area contributed by atoms with Gasteiger partial charge >= 0.3 is 18.2 Å². The number of carbonyl (C=O) groups is 2. The third kappa shape index (κ3) is 7.65. The maximum atomic E-state index is 13.6. The predicted octanol–water partition coefficient (Wildman–Crippen LogP) is 5.65. The predicted molar refractivity (Wildman–Crippen MR) is 139 cm³/mol. The third-order valence-electron chi connectivity index (χ3n) is 6.48. The standard InChI is InChI=1S/C28H39F3N2O5/c1-26(2,3)37-24(35)18-9-12-32(13-10-18)23-16-20(28(29,30)31)7-8-22(23)19-11-14-33(21(15-19)17-34)25(36)38-27(4,5)6/h7-8,15-16,18,21,34H,9-14,17H2,1-6H3/t21-/m0/s1. The van der Waals surface area contributed by atoms with Crippen molar-refractivity contribution < 1.29 is 37.3 Å². The van der Waals surface area contributed by atoms with Crippen molar-refractivity contribution in [1.82, 2.24) is 4.90 Å². The van der Waals surface area contributed by atoms with E-state index in [1.165, 1.54) is 11.0 Å². The summed E-state index contributed by atoms with van der Waals surface area (Å²) in [5.74, 6) is -0.598. The van der Waals surface area contributed by atoms with Gasteiger partial charge in [0.15, 0.2) is 0 Å². The minimum absolute atomic E-state index is 0.257. The second-order valence-electron chi connectivity index (χ2n) is 11.9. The van der Waals surface area contributed by atoms with Crippen molar-refractivity contribution in [2.45, 2.75) is 84.2 Å². The Kier molecular flexibility index (Phi) is 8.75. The second-order valence-corrected chi connectivity index (χ2v) is 11.9. The molecule has 0 unspecified atom stereocenters. The molecular weight excluding hydrogens is 501 g/mol. The molecule has 212 valence electrons. The molecule has 0 aliphatic carbocycles. The average molecular weight is 541 g/mol. The summed E-state index contributed by atoms with van der Waals surface area (Å²) >= 11 is 0. The fourth-order valence-corrected chi connectivity index (χ4v) is 4.72. The molecule has 1 aromatic carbocycles. The van der Waals surface area contributed by atoms with Crippen LogP contribution < -0.4 is 4.90 Å². The van der Waals surface area contributed by atoms with E-state index in [2.05, 4.69) is 0 Å². The van der Waals surface area contributed by atoms with Gasteiger partial charge in [-0.05, 0) is 78.5 Å². The number of anilines is 1. The van der Waals surface area contributed by atoms with Gasteiger partial charge in [-0.2, -0.15) is 13.2 Å². The van der Waals surface area contributed by atoms with Crippen LogP contribution in [0.1, 0.15) is 71.9 Å². The van der Waals surface area contributed by atoms with Gasteiger partial charge < -0.3 is 19.5 Å². The van der Waals surface area contributed by atoms with Gasteiger partial charge in [0, 0.05) is 30.9 Å². The molecule has 0 spiro atoms. The first-order valence-corrected chi connectivity index (χ1v) is 13.0. The summed E-state index contributed by atoms with van der Waals surface area (Å²) in [5, 5.41) is 10.0. The van der Waals surface area contributed by atoms with Crippen LogP contribution in [0.2, 0.25) is 0 Å². The number of nitrogens with zero attached hydrogens (tertiary/aromatic N) is 2. The largest absolute Gasteiger partial charge is 0.460 e. The summed E-state index contributed by atoms with van der Waals surface area (Å²) < 4.78 is 51.9. The van der Waals surface area contributed by atoms with E-state index in [9.17, 15) is 27.9 Å². The van der Waals surface area contributed by atoms with Crippen LogP contribution in [0.4, 0.5) is 23.7 Å². The van der Waals surface area contributed by atoms with Crippen molar-refractivity contribution in [2.75, 3.05) is 31.1 Å². The summed E-state index contributed by atoms with van der Waals surface area (Å²) in [6.07, 6.45) is -2.01. The fraction of sp³-hybridized carbons (Fsp3) is 0.643. The van der Waals surface area contributed by atoms with E-state index >= 15 is 0 Å². The number of ether oxygens (including phenoxy) is 2. The van der Waals surface area contributed by atoms with Gasteiger partial charge in [-0.3, -0.25) is 9.69 Å². The quantitative estimate of drug-likeness (QED) is 0.498. The molecule has 10 heteroatoms. The van der Waals surface area contributed by atoms with Crippen molar-refractivity contribution in [3.8, 4) is 0 Å². The van der Waals surface area contributed by atoms with Crippen LogP contribution in [-0.2, 0) is 20.4 Å². The Labute approximate surface area is 222 Å². The Morgan fingerprint density at radius 2 is 1.58 bits per heavy atom. The van der Waals surface area contributed by atoms with Gasteiger partial charge in [-0.1, -0.05) is 12.1 Å². The maximum Gasteiger partial charge on any atom is 0.416 e. The third-order valence-corrected chi connectivity index (χ3v) is 6.48. The van der Waals surface area contributed by atoms with Crippen LogP contribution in [0.25, 0.3) is 5.57 Å². The molecule has 2 aliphatic heterocycles. The summed E-state index contributed by atoms with van der Waals surface area (Å²) in [4.78, 5) is 28.5. The molecule has 0 saturated carbocycles. The van der Waals surface area contributed by atoms with Gasteiger partial charge in [0.1, 0.15) is 11.2 Å². The Bertz CT molecular complexity index is 1050.